The lowest BCUT2D eigenvalue weighted by molar-refractivity contribution is -0.140. The molecule has 6 heteroatoms. The van der Waals surface area contributed by atoms with Crippen LogP contribution < -0.4 is 10.6 Å². The summed E-state index contributed by atoms with van der Waals surface area (Å²) >= 11 is 0. The van der Waals surface area contributed by atoms with Crippen molar-refractivity contribution in [3.8, 4) is 0 Å². The van der Waals surface area contributed by atoms with E-state index in [1.165, 1.54) is 39.2 Å². The van der Waals surface area contributed by atoms with Crippen molar-refractivity contribution in [3.05, 3.63) is 0 Å². The van der Waals surface area contributed by atoms with Gasteiger partial charge in [0.05, 0.1) is 7.11 Å². The van der Waals surface area contributed by atoms with Crippen molar-refractivity contribution < 1.29 is 19.1 Å². The number of amides is 2. The summed E-state index contributed by atoms with van der Waals surface area (Å²) < 4.78 is 4.60. The Kier molecular flexibility index (Phi) is 9.64. The number of ether oxygens (including phenoxy) is 1. The van der Waals surface area contributed by atoms with Gasteiger partial charge in [0, 0.05) is 31.3 Å². The fraction of sp³-hybridized carbons (Fsp3) is 0.857. The molecule has 0 heterocycles. The number of hydrogen-bond donors (Lipinski definition) is 2. The van der Waals surface area contributed by atoms with Crippen LogP contribution in [0.1, 0.15) is 83.5 Å². The third-order valence-electron chi connectivity index (χ3n) is 6.00. The number of hydrogen-bond acceptors (Lipinski definition) is 4. The van der Waals surface area contributed by atoms with E-state index in [2.05, 4.69) is 15.4 Å². The van der Waals surface area contributed by atoms with E-state index in [1.54, 1.807) is 0 Å². The second-order valence-corrected chi connectivity index (χ2v) is 8.15. The summed E-state index contributed by atoms with van der Waals surface area (Å²) in [5, 5.41) is 6.16. The number of carbonyl (C=O) groups is 3. The first-order valence-corrected chi connectivity index (χ1v) is 10.7. The summed E-state index contributed by atoms with van der Waals surface area (Å²) in [6, 6.07) is 0.227. The fourth-order valence-corrected chi connectivity index (χ4v) is 4.29. The van der Waals surface area contributed by atoms with Crippen LogP contribution in [0, 0.1) is 11.8 Å². The number of unbranched alkanes of at least 4 members (excludes halogenated alkanes) is 1. The quantitative estimate of drug-likeness (QED) is 0.475. The molecule has 2 amide bonds. The number of nitrogens with one attached hydrogen (secondary N) is 2. The van der Waals surface area contributed by atoms with Gasteiger partial charge in [0.2, 0.25) is 11.8 Å². The standard InChI is InChI=1S/C21H36N2O4/c1-27-20(25)9-5-6-14-22-21(26)17-10-12-18(13-11-17)23-19(24)15-16-7-3-2-4-8-16/h16-18H,2-15H2,1H3,(H,22,26)(H,23,24). The molecule has 0 aromatic carbocycles. The van der Waals surface area contributed by atoms with Crippen LogP contribution in [0.2, 0.25) is 0 Å². The van der Waals surface area contributed by atoms with Gasteiger partial charge < -0.3 is 15.4 Å². The summed E-state index contributed by atoms with van der Waals surface area (Å²) in [6.07, 6.45) is 12.3. The van der Waals surface area contributed by atoms with Crippen molar-refractivity contribution in [2.45, 2.75) is 89.5 Å². The fourth-order valence-electron chi connectivity index (χ4n) is 4.29. The van der Waals surface area contributed by atoms with Gasteiger partial charge in [-0.15, -0.1) is 0 Å². The predicted molar refractivity (Wildman–Crippen MR) is 104 cm³/mol. The Morgan fingerprint density at radius 3 is 2.30 bits per heavy atom. The molecule has 0 bridgehead atoms. The smallest absolute Gasteiger partial charge is 0.305 e. The minimum Gasteiger partial charge on any atom is -0.469 e. The third-order valence-corrected chi connectivity index (χ3v) is 6.00. The summed E-state index contributed by atoms with van der Waals surface area (Å²) in [6.45, 7) is 0.605. The molecular weight excluding hydrogens is 344 g/mol. The second-order valence-electron chi connectivity index (χ2n) is 8.15. The van der Waals surface area contributed by atoms with E-state index in [0.717, 1.165) is 38.5 Å². The van der Waals surface area contributed by atoms with Crippen molar-refractivity contribution in [2.24, 2.45) is 11.8 Å². The monoisotopic (exact) mass is 380 g/mol. The van der Waals surface area contributed by atoms with E-state index in [9.17, 15) is 14.4 Å². The first-order valence-electron chi connectivity index (χ1n) is 10.7. The topological polar surface area (TPSA) is 84.5 Å². The molecule has 0 atom stereocenters. The van der Waals surface area contributed by atoms with Gasteiger partial charge in [0.15, 0.2) is 0 Å². The Hall–Kier alpha value is -1.59. The van der Waals surface area contributed by atoms with Gasteiger partial charge in [-0.05, 0) is 57.3 Å². The zero-order valence-electron chi connectivity index (χ0n) is 16.8. The van der Waals surface area contributed by atoms with Gasteiger partial charge in [-0.1, -0.05) is 19.3 Å². The number of carbonyl (C=O) groups excluding carboxylic acids is 3. The molecule has 0 aromatic heterocycles. The molecule has 2 aliphatic carbocycles. The van der Waals surface area contributed by atoms with Gasteiger partial charge >= 0.3 is 5.97 Å². The summed E-state index contributed by atoms with van der Waals surface area (Å²) in [5.74, 6) is 0.725. The average molecular weight is 381 g/mol. The maximum atomic E-state index is 12.3. The number of rotatable bonds is 9. The van der Waals surface area contributed by atoms with Gasteiger partial charge in [-0.2, -0.15) is 0 Å². The molecule has 2 rings (SSSR count). The van der Waals surface area contributed by atoms with Crippen LogP contribution in [-0.2, 0) is 19.1 Å². The Bertz CT molecular complexity index is 481. The van der Waals surface area contributed by atoms with Crippen molar-refractivity contribution in [3.63, 3.8) is 0 Å². The van der Waals surface area contributed by atoms with Gasteiger partial charge in [-0.25, -0.2) is 0 Å². The van der Waals surface area contributed by atoms with Gasteiger partial charge in [0.1, 0.15) is 0 Å². The van der Waals surface area contributed by atoms with Crippen LogP contribution in [-0.4, -0.2) is 37.5 Å². The molecular formula is C21H36N2O4. The van der Waals surface area contributed by atoms with Crippen molar-refractivity contribution in [1.29, 1.82) is 0 Å². The molecule has 154 valence electrons. The van der Waals surface area contributed by atoms with E-state index in [1.807, 2.05) is 0 Å². The van der Waals surface area contributed by atoms with E-state index >= 15 is 0 Å². The molecule has 0 saturated heterocycles. The SMILES string of the molecule is COC(=O)CCCCNC(=O)C1CCC(NC(=O)CC2CCCCC2)CC1. The highest BCUT2D eigenvalue weighted by Crippen LogP contribution is 2.27. The highest BCUT2D eigenvalue weighted by atomic mass is 16.5. The van der Waals surface area contributed by atoms with Crippen molar-refractivity contribution in [1.82, 2.24) is 10.6 Å². The highest BCUT2D eigenvalue weighted by Gasteiger charge is 2.27. The normalized spacial score (nSPS) is 23.4. The van der Waals surface area contributed by atoms with Gasteiger partial charge in [0.25, 0.3) is 0 Å². The van der Waals surface area contributed by atoms with E-state index in [-0.39, 0.29) is 29.7 Å². The van der Waals surface area contributed by atoms with Gasteiger partial charge in [-0.3, -0.25) is 14.4 Å². The third kappa shape index (κ3) is 8.31. The molecule has 0 spiro atoms. The molecule has 0 aromatic rings. The zero-order valence-corrected chi connectivity index (χ0v) is 16.8. The molecule has 6 nitrogen and oxygen atoms in total. The molecule has 0 aliphatic heterocycles. The number of methoxy groups -OCH3 is 1. The predicted octanol–water partition coefficient (Wildman–Crippen LogP) is 3.09. The van der Waals surface area contributed by atoms with Crippen LogP contribution in [0.4, 0.5) is 0 Å². The highest BCUT2D eigenvalue weighted by molar-refractivity contribution is 5.79. The first kappa shape index (κ1) is 21.7. The van der Waals surface area contributed by atoms with Crippen LogP contribution >= 0.6 is 0 Å². The Morgan fingerprint density at radius 1 is 0.926 bits per heavy atom. The molecule has 0 unspecified atom stereocenters. The Labute approximate surface area is 163 Å². The van der Waals surface area contributed by atoms with Crippen molar-refractivity contribution in [2.75, 3.05) is 13.7 Å². The molecule has 27 heavy (non-hydrogen) atoms. The summed E-state index contributed by atoms with van der Waals surface area (Å²) in [7, 11) is 1.39. The second kappa shape index (κ2) is 12.0. The lowest BCUT2D eigenvalue weighted by Gasteiger charge is -2.29. The van der Waals surface area contributed by atoms with Crippen molar-refractivity contribution >= 4 is 17.8 Å². The summed E-state index contributed by atoms with van der Waals surface area (Å²) in [5.41, 5.74) is 0. The van der Waals surface area contributed by atoms with E-state index in [0.29, 0.717) is 25.3 Å². The molecule has 2 fully saturated rings. The van der Waals surface area contributed by atoms with E-state index < -0.39 is 0 Å². The maximum absolute atomic E-state index is 12.3. The molecule has 2 aliphatic rings. The average Bonchev–Trinajstić information content (AvgIpc) is 2.68. The molecule has 0 radical (unpaired) electrons. The minimum absolute atomic E-state index is 0.0529. The molecule has 2 saturated carbocycles. The Morgan fingerprint density at radius 2 is 1.63 bits per heavy atom. The largest absolute Gasteiger partial charge is 0.469 e. The maximum Gasteiger partial charge on any atom is 0.305 e. The lowest BCUT2D eigenvalue weighted by atomic mass is 9.84. The first-order chi connectivity index (χ1) is 13.1. The van der Waals surface area contributed by atoms with Crippen LogP contribution in [0.25, 0.3) is 0 Å². The summed E-state index contributed by atoms with van der Waals surface area (Å²) in [4.78, 5) is 35.5. The Balaban J connectivity index is 1.55. The van der Waals surface area contributed by atoms with Crippen LogP contribution in [0.15, 0.2) is 0 Å². The molecule has 2 N–H and O–H groups in total. The minimum atomic E-state index is -0.204. The van der Waals surface area contributed by atoms with E-state index in [4.69, 9.17) is 0 Å². The van der Waals surface area contributed by atoms with Crippen LogP contribution in [0.5, 0.6) is 0 Å². The number of esters is 1. The van der Waals surface area contributed by atoms with Crippen LogP contribution in [0.3, 0.4) is 0 Å². The zero-order chi connectivity index (χ0) is 19.5. The lowest BCUT2D eigenvalue weighted by Crippen LogP contribution is -2.41.